The van der Waals surface area contributed by atoms with Crippen LogP contribution in [0, 0.1) is 5.92 Å². The Bertz CT molecular complexity index is 677. The van der Waals surface area contributed by atoms with Crippen molar-refractivity contribution in [2.45, 2.75) is 18.4 Å². The van der Waals surface area contributed by atoms with Crippen LogP contribution in [0.15, 0.2) is 60.7 Å². The second-order valence-electron chi connectivity index (χ2n) is 5.81. The molecule has 0 amide bonds. The predicted octanol–water partition coefficient (Wildman–Crippen LogP) is 4.52. The Morgan fingerprint density at radius 1 is 1.05 bits per heavy atom. The van der Waals surface area contributed by atoms with E-state index in [2.05, 4.69) is 59.9 Å². The van der Waals surface area contributed by atoms with Gasteiger partial charge in [0.05, 0.1) is 18.8 Å². The second kappa shape index (κ2) is 4.96. The maximum atomic E-state index is 5.56. The molecule has 0 fully saturated rings. The Morgan fingerprint density at radius 2 is 1.90 bits per heavy atom. The lowest BCUT2D eigenvalue weighted by molar-refractivity contribution is 0.397. The number of hydrogen-bond acceptors (Lipinski definition) is 2. The van der Waals surface area contributed by atoms with E-state index in [0.29, 0.717) is 17.9 Å². The smallest absolute Gasteiger partial charge is 0.142 e. The highest BCUT2D eigenvalue weighted by Crippen LogP contribution is 2.51. The molecule has 2 aromatic carbocycles. The van der Waals surface area contributed by atoms with Gasteiger partial charge in [0, 0.05) is 5.92 Å². The van der Waals surface area contributed by atoms with E-state index < -0.39 is 0 Å². The zero-order valence-corrected chi connectivity index (χ0v) is 12.1. The van der Waals surface area contributed by atoms with Gasteiger partial charge in [0.25, 0.3) is 0 Å². The highest BCUT2D eigenvalue weighted by atomic mass is 16.5. The molecular formula is C19H19NO. The Balaban J connectivity index is 1.83. The van der Waals surface area contributed by atoms with Crippen molar-refractivity contribution in [2.24, 2.45) is 5.92 Å². The molecular weight excluding hydrogens is 258 g/mol. The van der Waals surface area contributed by atoms with Crippen LogP contribution in [0.2, 0.25) is 0 Å². The van der Waals surface area contributed by atoms with Gasteiger partial charge in [0.2, 0.25) is 0 Å². The summed E-state index contributed by atoms with van der Waals surface area (Å²) in [6.45, 7) is 0. The molecule has 1 aliphatic carbocycles. The average Bonchev–Trinajstić information content (AvgIpc) is 3.04. The summed E-state index contributed by atoms with van der Waals surface area (Å²) >= 11 is 0. The highest BCUT2D eigenvalue weighted by molar-refractivity contribution is 5.67. The SMILES string of the molecule is COc1cccc2c1N[C@H](c1ccccc1)[C@H]1CC=C[C@@H]21. The van der Waals surface area contributed by atoms with Crippen molar-refractivity contribution in [3.63, 3.8) is 0 Å². The molecule has 0 radical (unpaired) electrons. The first-order chi connectivity index (χ1) is 10.4. The first-order valence-electron chi connectivity index (χ1n) is 7.53. The van der Waals surface area contributed by atoms with Gasteiger partial charge in [-0.05, 0) is 29.5 Å². The number of para-hydroxylation sites is 1. The van der Waals surface area contributed by atoms with E-state index in [1.807, 2.05) is 6.07 Å². The third kappa shape index (κ3) is 1.94. The minimum absolute atomic E-state index is 0.343. The van der Waals surface area contributed by atoms with E-state index in [1.165, 1.54) is 11.1 Å². The molecule has 0 saturated heterocycles. The number of benzene rings is 2. The summed E-state index contributed by atoms with van der Waals surface area (Å²) < 4.78 is 5.56. The molecule has 21 heavy (non-hydrogen) atoms. The van der Waals surface area contributed by atoms with Gasteiger partial charge in [-0.1, -0.05) is 54.6 Å². The molecule has 4 rings (SSSR count). The molecule has 3 atom stereocenters. The van der Waals surface area contributed by atoms with Gasteiger partial charge in [-0.3, -0.25) is 0 Å². The zero-order chi connectivity index (χ0) is 14.2. The lowest BCUT2D eigenvalue weighted by atomic mass is 9.77. The molecule has 2 heteroatoms. The molecule has 2 aliphatic rings. The van der Waals surface area contributed by atoms with Crippen molar-refractivity contribution < 1.29 is 4.74 Å². The summed E-state index contributed by atoms with van der Waals surface area (Å²) in [7, 11) is 1.74. The Kier molecular flexibility index (Phi) is 2.95. The number of ether oxygens (including phenoxy) is 1. The predicted molar refractivity (Wildman–Crippen MR) is 85.8 cm³/mol. The van der Waals surface area contributed by atoms with Crippen LogP contribution in [0.3, 0.4) is 0 Å². The quantitative estimate of drug-likeness (QED) is 0.815. The average molecular weight is 277 g/mol. The van der Waals surface area contributed by atoms with Gasteiger partial charge < -0.3 is 10.1 Å². The van der Waals surface area contributed by atoms with Gasteiger partial charge in [0.1, 0.15) is 5.75 Å². The largest absolute Gasteiger partial charge is 0.495 e. The second-order valence-corrected chi connectivity index (χ2v) is 5.81. The molecule has 0 saturated carbocycles. The minimum Gasteiger partial charge on any atom is -0.495 e. The molecule has 0 spiro atoms. The topological polar surface area (TPSA) is 21.3 Å². The number of fused-ring (bicyclic) bond motifs is 3. The Hall–Kier alpha value is -2.22. The zero-order valence-electron chi connectivity index (χ0n) is 12.1. The van der Waals surface area contributed by atoms with Gasteiger partial charge in [-0.25, -0.2) is 0 Å². The highest BCUT2D eigenvalue weighted by Gasteiger charge is 2.38. The number of nitrogens with one attached hydrogen (secondary N) is 1. The minimum atomic E-state index is 0.343. The molecule has 1 aliphatic heterocycles. The van der Waals surface area contributed by atoms with Gasteiger partial charge in [-0.15, -0.1) is 0 Å². The normalized spacial score (nSPS) is 25.9. The third-order valence-electron chi connectivity index (χ3n) is 4.74. The Labute approximate surface area is 125 Å². The van der Waals surface area contributed by atoms with Gasteiger partial charge in [0.15, 0.2) is 0 Å². The van der Waals surface area contributed by atoms with Crippen LogP contribution < -0.4 is 10.1 Å². The van der Waals surface area contributed by atoms with Crippen LogP contribution in [-0.4, -0.2) is 7.11 Å². The summed E-state index contributed by atoms with van der Waals surface area (Å²) in [6.07, 6.45) is 5.81. The van der Waals surface area contributed by atoms with Crippen LogP contribution in [0.1, 0.15) is 29.5 Å². The fourth-order valence-electron chi connectivity index (χ4n) is 3.75. The first kappa shape index (κ1) is 12.5. The molecule has 1 heterocycles. The lowest BCUT2D eigenvalue weighted by Gasteiger charge is -2.38. The standard InChI is InChI=1S/C19H19NO/c1-21-17-12-6-11-16-14-9-5-10-15(14)18(20-19(16)17)13-7-3-2-4-8-13/h2-9,11-12,14-15,18,20H,10H2,1H3/t14-,15+,18-/m1/s1. The van der Waals surface area contributed by atoms with Crippen molar-refractivity contribution in [3.05, 3.63) is 71.8 Å². The van der Waals surface area contributed by atoms with Crippen molar-refractivity contribution in [1.29, 1.82) is 0 Å². The van der Waals surface area contributed by atoms with Crippen molar-refractivity contribution in [2.75, 3.05) is 12.4 Å². The number of rotatable bonds is 2. The number of hydrogen-bond donors (Lipinski definition) is 1. The third-order valence-corrected chi connectivity index (χ3v) is 4.74. The molecule has 106 valence electrons. The summed E-state index contributed by atoms with van der Waals surface area (Å²) in [5.41, 5.74) is 3.87. The van der Waals surface area contributed by atoms with Crippen molar-refractivity contribution in [3.8, 4) is 5.75 Å². The molecule has 2 nitrogen and oxygen atoms in total. The lowest BCUT2D eigenvalue weighted by Crippen LogP contribution is -2.29. The maximum Gasteiger partial charge on any atom is 0.142 e. The van der Waals surface area contributed by atoms with E-state index >= 15 is 0 Å². The van der Waals surface area contributed by atoms with Crippen LogP contribution in [0.25, 0.3) is 0 Å². The molecule has 0 bridgehead atoms. The van der Waals surface area contributed by atoms with Crippen LogP contribution in [0.5, 0.6) is 5.75 Å². The monoisotopic (exact) mass is 277 g/mol. The van der Waals surface area contributed by atoms with Crippen LogP contribution in [0.4, 0.5) is 5.69 Å². The van der Waals surface area contributed by atoms with E-state index in [-0.39, 0.29) is 0 Å². The summed E-state index contributed by atoms with van der Waals surface area (Å²) in [5, 5.41) is 3.74. The summed E-state index contributed by atoms with van der Waals surface area (Å²) in [5.74, 6) is 2.01. The summed E-state index contributed by atoms with van der Waals surface area (Å²) in [6, 6.07) is 17.4. The molecule has 0 aromatic heterocycles. The van der Waals surface area contributed by atoms with E-state index in [9.17, 15) is 0 Å². The molecule has 2 aromatic rings. The summed E-state index contributed by atoms with van der Waals surface area (Å²) in [4.78, 5) is 0. The van der Waals surface area contributed by atoms with E-state index in [1.54, 1.807) is 7.11 Å². The Morgan fingerprint density at radius 3 is 2.71 bits per heavy atom. The van der Waals surface area contributed by atoms with Crippen LogP contribution in [-0.2, 0) is 0 Å². The first-order valence-corrected chi connectivity index (χ1v) is 7.53. The number of allylic oxidation sites excluding steroid dienone is 2. The van der Waals surface area contributed by atoms with Crippen molar-refractivity contribution >= 4 is 5.69 Å². The molecule has 0 unspecified atom stereocenters. The van der Waals surface area contributed by atoms with Gasteiger partial charge in [-0.2, -0.15) is 0 Å². The van der Waals surface area contributed by atoms with E-state index in [4.69, 9.17) is 4.74 Å². The maximum absolute atomic E-state index is 5.56. The fourth-order valence-corrected chi connectivity index (χ4v) is 3.75. The number of anilines is 1. The molecule has 1 N–H and O–H groups in total. The van der Waals surface area contributed by atoms with Gasteiger partial charge >= 0.3 is 0 Å². The number of methoxy groups -OCH3 is 1. The van der Waals surface area contributed by atoms with E-state index in [0.717, 1.165) is 17.9 Å². The fraction of sp³-hybridized carbons (Fsp3) is 0.263. The van der Waals surface area contributed by atoms with Crippen LogP contribution >= 0.6 is 0 Å². The van der Waals surface area contributed by atoms with Crippen molar-refractivity contribution in [1.82, 2.24) is 0 Å².